The fourth-order valence-electron chi connectivity index (χ4n) is 2.28. The van der Waals surface area contributed by atoms with E-state index in [1.165, 1.54) is 35.5 Å². The van der Waals surface area contributed by atoms with Gasteiger partial charge in [0.05, 0.1) is 0 Å². The van der Waals surface area contributed by atoms with E-state index in [9.17, 15) is 14.4 Å². The molecule has 7 heteroatoms. The zero-order valence-corrected chi connectivity index (χ0v) is 13.8. The number of benzene rings is 2. The van der Waals surface area contributed by atoms with E-state index in [1.807, 2.05) is 25.1 Å². The normalized spacial score (nSPS) is 11.0. The number of hydrogen-bond acceptors (Lipinski definition) is 4. The van der Waals surface area contributed by atoms with Crippen molar-refractivity contribution in [3.05, 3.63) is 77.6 Å². The van der Waals surface area contributed by atoms with Crippen LogP contribution in [0.15, 0.2) is 60.7 Å². The predicted octanol–water partition coefficient (Wildman–Crippen LogP) is 3.26. The van der Waals surface area contributed by atoms with Crippen LogP contribution in [0.4, 0.5) is 10.1 Å². The van der Waals surface area contributed by atoms with Crippen molar-refractivity contribution in [1.82, 2.24) is 14.8 Å². The smallest absolute Gasteiger partial charge is 0.266 e. The average Bonchev–Trinajstić information content (AvgIpc) is 3.16. The maximum atomic E-state index is 14.3. The lowest BCUT2D eigenvalue weighted by atomic mass is 10.1. The molecular formula is C19H14FN5O. The highest BCUT2D eigenvalue weighted by Gasteiger charge is 2.11. The third kappa shape index (κ3) is 3.82. The first-order chi connectivity index (χ1) is 12.6. The Hall–Kier alpha value is -3.79. The van der Waals surface area contributed by atoms with E-state index >= 15 is 0 Å². The van der Waals surface area contributed by atoms with Crippen LogP contribution in [0.1, 0.15) is 11.1 Å². The Balaban J connectivity index is 1.82. The number of rotatable bonds is 4. The average molecular weight is 347 g/mol. The Morgan fingerprint density at radius 1 is 1.27 bits per heavy atom. The number of nitrogens with one attached hydrogen (secondary N) is 1. The van der Waals surface area contributed by atoms with Crippen LogP contribution in [0.25, 0.3) is 11.8 Å². The number of hydrogen-bond donors (Lipinski definition) is 1. The van der Waals surface area contributed by atoms with E-state index in [0.717, 1.165) is 5.56 Å². The molecule has 2 aromatic carbocycles. The number of aromatic nitrogens is 3. The molecule has 0 saturated heterocycles. The van der Waals surface area contributed by atoms with Gasteiger partial charge in [0, 0.05) is 5.69 Å². The van der Waals surface area contributed by atoms with E-state index < -0.39 is 11.7 Å². The van der Waals surface area contributed by atoms with Gasteiger partial charge in [-0.15, -0.1) is 0 Å². The minimum atomic E-state index is -0.558. The molecule has 3 rings (SSSR count). The first kappa shape index (κ1) is 17.0. The fourth-order valence-corrected chi connectivity index (χ4v) is 2.28. The Morgan fingerprint density at radius 3 is 2.65 bits per heavy atom. The van der Waals surface area contributed by atoms with Crippen LogP contribution in [0.2, 0.25) is 0 Å². The van der Waals surface area contributed by atoms with Crippen molar-refractivity contribution >= 4 is 17.7 Å². The third-order valence-corrected chi connectivity index (χ3v) is 3.62. The summed E-state index contributed by atoms with van der Waals surface area (Å²) >= 11 is 0. The monoisotopic (exact) mass is 347 g/mol. The quantitative estimate of drug-likeness (QED) is 0.580. The highest BCUT2D eigenvalue weighted by molar-refractivity contribution is 6.09. The SMILES string of the molecule is Cc1ccc(NC(=O)/C(C#N)=C/c2ccc(-n3cncn3)c(F)c2)cc1. The van der Waals surface area contributed by atoms with Crippen LogP contribution in [-0.2, 0) is 4.79 Å². The maximum absolute atomic E-state index is 14.3. The second kappa shape index (κ2) is 7.40. The number of nitrogens with zero attached hydrogens (tertiary/aromatic N) is 4. The second-order valence-corrected chi connectivity index (χ2v) is 5.54. The summed E-state index contributed by atoms with van der Waals surface area (Å²) in [4.78, 5) is 16.0. The maximum Gasteiger partial charge on any atom is 0.266 e. The van der Waals surface area contributed by atoms with Gasteiger partial charge < -0.3 is 5.32 Å². The molecule has 1 N–H and O–H groups in total. The van der Waals surface area contributed by atoms with Crippen molar-refractivity contribution in [2.75, 3.05) is 5.32 Å². The minimum absolute atomic E-state index is 0.126. The van der Waals surface area contributed by atoms with Gasteiger partial charge in [-0.2, -0.15) is 10.4 Å². The number of anilines is 1. The van der Waals surface area contributed by atoms with Crippen LogP contribution in [-0.4, -0.2) is 20.7 Å². The Bertz CT molecular complexity index is 1000. The van der Waals surface area contributed by atoms with Gasteiger partial charge in [-0.05, 0) is 42.8 Å². The molecule has 0 unspecified atom stereocenters. The molecule has 0 aliphatic rings. The summed E-state index contributed by atoms with van der Waals surface area (Å²) in [6.45, 7) is 1.93. The molecule has 0 bridgehead atoms. The lowest BCUT2D eigenvalue weighted by Gasteiger charge is -2.06. The van der Waals surface area contributed by atoms with E-state index in [1.54, 1.807) is 18.2 Å². The van der Waals surface area contributed by atoms with E-state index in [0.29, 0.717) is 11.3 Å². The second-order valence-electron chi connectivity index (χ2n) is 5.54. The standard InChI is InChI=1S/C19H14FN5O/c1-13-2-5-16(6-3-13)24-19(26)15(10-21)8-14-4-7-18(17(20)9-14)25-12-22-11-23-25/h2-9,11-12H,1H3,(H,24,26)/b15-8+. The van der Waals surface area contributed by atoms with Crippen molar-refractivity contribution in [2.24, 2.45) is 0 Å². The number of amides is 1. The molecule has 0 fully saturated rings. The van der Waals surface area contributed by atoms with Gasteiger partial charge >= 0.3 is 0 Å². The molecule has 3 aromatic rings. The van der Waals surface area contributed by atoms with Gasteiger partial charge in [0.1, 0.15) is 35.8 Å². The van der Waals surface area contributed by atoms with Gasteiger partial charge in [0.2, 0.25) is 0 Å². The molecule has 0 atom stereocenters. The lowest BCUT2D eigenvalue weighted by molar-refractivity contribution is -0.112. The predicted molar refractivity (Wildman–Crippen MR) is 94.7 cm³/mol. The number of halogens is 1. The van der Waals surface area contributed by atoms with Gasteiger partial charge in [0.15, 0.2) is 0 Å². The molecule has 0 aliphatic carbocycles. The molecule has 128 valence electrons. The minimum Gasteiger partial charge on any atom is -0.321 e. The van der Waals surface area contributed by atoms with Crippen LogP contribution < -0.4 is 5.32 Å². The molecule has 1 aromatic heterocycles. The van der Waals surface area contributed by atoms with Crippen LogP contribution >= 0.6 is 0 Å². The number of carbonyl (C=O) groups is 1. The van der Waals surface area contributed by atoms with Crippen molar-refractivity contribution < 1.29 is 9.18 Å². The summed E-state index contributed by atoms with van der Waals surface area (Å²) in [7, 11) is 0. The van der Waals surface area contributed by atoms with Crippen molar-refractivity contribution in [1.29, 1.82) is 5.26 Å². The van der Waals surface area contributed by atoms with E-state index in [2.05, 4.69) is 15.4 Å². The summed E-state index contributed by atoms with van der Waals surface area (Å²) in [5.74, 6) is -1.10. The molecule has 0 spiro atoms. The van der Waals surface area contributed by atoms with Crippen molar-refractivity contribution in [3.8, 4) is 11.8 Å². The van der Waals surface area contributed by atoms with Crippen molar-refractivity contribution in [3.63, 3.8) is 0 Å². The third-order valence-electron chi connectivity index (χ3n) is 3.62. The molecule has 0 radical (unpaired) electrons. The highest BCUT2D eigenvalue weighted by atomic mass is 19.1. The van der Waals surface area contributed by atoms with Crippen molar-refractivity contribution in [2.45, 2.75) is 6.92 Å². The largest absolute Gasteiger partial charge is 0.321 e. The first-order valence-corrected chi connectivity index (χ1v) is 7.71. The topological polar surface area (TPSA) is 83.6 Å². The van der Waals surface area contributed by atoms with Crippen LogP contribution in [0, 0.1) is 24.1 Å². The molecule has 0 saturated carbocycles. The van der Waals surface area contributed by atoms with Gasteiger partial charge in [-0.3, -0.25) is 4.79 Å². The number of nitriles is 1. The molecule has 1 heterocycles. The Morgan fingerprint density at radius 2 is 2.04 bits per heavy atom. The summed E-state index contributed by atoms with van der Waals surface area (Å²) in [6.07, 6.45) is 4.01. The van der Waals surface area contributed by atoms with Gasteiger partial charge in [0.25, 0.3) is 5.91 Å². The van der Waals surface area contributed by atoms with Crippen LogP contribution in [0.3, 0.4) is 0 Å². The van der Waals surface area contributed by atoms with E-state index in [-0.39, 0.29) is 11.3 Å². The molecule has 0 aliphatic heterocycles. The fraction of sp³-hybridized carbons (Fsp3) is 0.0526. The van der Waals surface area contributed by atoms with Gasteiger partial charge in [-0.25, -0.2) is 14.1 Å². The van der Waals surface area contributed by atoms with E-state index in [4.69, 9.17) is 0 Å². The van der Waals surface area contributed by atoms with Crippen LogP contribution in [0.5, 0.6) is 0 Å². The lowest BCUT2D eigenvalue weighted by Crippen LogP contribution is -2.13. The highest BCUT2D eigenvalue weighted by Crippen LogP contribution is 2.17. The molecule has 1 amide bonds. The summed E-state index contributed by atoms with van der Waals surface area (Å²) in [5, 5.41) is 15.8. The summed E-state index contributed by atoms with van der Waals surface area (Å²) in [5.41, 5.74) is 2.12. The Kier molecular flexibility index (Phi) is 4.85. The molecule has 6 nitrogen and oxygen atoms in total. The molecule has 26 heavy (non-hydrogen) atoms. The number of carbonyl (C=O) groups excluding carboxylic acids is 1. The first-order valence-electron chi connectivity index (χ1n) is 7.71. The zero-order chi connectivity index (χ0) is 18.5. The zero-order valence-electron chi connectivity index (χ0n) is 13.8. The number of aryl methyl sites for hydroxylation is 1. The summed E-state index contributed by atoms with van der Waals surface area (Å²) < 4.78 is 15.5. The Labute approximate surface area is 149 Å². The summed E-state index contributed by atoms with van der Waals surface area (Å²) in [6, 6.07) is 13.4. The molecular weight excluding hydrogens is 333 g/mol. The van der Waals surface area contributed by atoms with Gasteiger partial charge in [-0.1, -0.05) is 23.8 Å².